The molecule has 1 fully saturated rings. The lowest BCUT2D eigenvalue weighted by molar-refractivity contribution is 0.0550. The summed E-state index contributed by atoms with van der Waals surface area (Å²) >= 11 is 1.82. The first-order valence-electron chi connectivity index (χ1n) is 4.16. The van der Waals surface area contributed by atoms with E-state index in [1.54, 1.807) is 0 Å². The quantitative estimate of drug-likeness (QED) is 0.693. The molecule has 0 radical (unpaired) electrons. The zero-order valence-corrected chi connectivity index (χ0v) is 8.66. The summed E-state index contributed by atoms with van der Waals surface area (Å²) in [7, 11) is 0. The summed E-state index contributed by atoms with van der Waals surface area (Å²) in [5.41, 5.74) is 0.0412. The van der Waals surface area contributed by atoms with E-state index in [2.05, 4.69) is 27.0 Å². The molecule has 0 bridgehead atoms. The first-order chi connectivity index (χ1) is 4.92. The van der Waals surface area contributed by atoms with Crippen molar-refractivity contribution >= 4 is 11.8 Å². The molecule has 11 heavy (non-hydrogen) atoms. The summed E-state index contributed by atoms with van der Waals surface area (Å²) in [5.74, 6) is 0. The minimum absolute atomic E-state index is 0.0412. The molecule has 0 heterocycles. The van der Waals surface area contributed by atoms with Crippen LogP contribution in [0.1, 0.15) is 33.6 Å². The van der Waals surface area contributed by atoms with Crippen LogP contribution in [0.15, 0.2) is 0 Å². The van der Waals surface area contributed by atoms with Crippen LogP contribution in [0, 0.1) is 5.41 Å². The van der Waals surface area contributed by atoms with Gasteiger partial charge in [0.1, 0.15) is 0 Å². The van der Waals surface area contributed by atoms with E-state index >= 15 is 0 Å². The van der Waals surface area contributed by atoms with Crippen molar-refractivity contribution in [3.05, 3.63) is 0 Å². The van der Waals surface area contributed by atoms with Gasteiger partial charge in [-0.1, -0.05) is 20.8 Å². The molecule has 0 saturated heterocycles. The highest BCUT2D eigenvalue weighted by molar-refractivity contribution is 8.00. The summed E-state index contributed by atoms with van der Waals surface area (Å²) in [5, 5.41) is 9.96. The standard InChI is InChI=1S/C9H18OS/c1-8(2,3)7(10)9(11-4)5-6-9/h7,10H,5-6H2,1-4H3. The molecule has 1 saturated carbocycles. The Labute approximate surface area is 73.6 Å². The Morgan fingerprint density at radius 1 is 1.36 bits per heavy atom. The molecule has 0 amide bonds. The fourth-order valence-electron chi connectivity index (χ4n) is 1.50. The molecule has 0 aliphatic heterocycles. The van der Waals surface area contributed by atoms with E-state index in [0.29, 0.717) is 0 Å². The summed E-state index contributed by atoms with van der Waals surface area (Å²) in [6, 6.07) is 0. The van der Waals surface area contributed by atoms with Gasteiger partial charge in [0.25, 0.3) is 0 Å². The second-order valence-corrected chi connectivity index (χ2v) is 5.76. The Kier molecular flexibility index (Phi) is 2.28. The van der Waals surface area contributed by atoms with E-state index in [-0.39, 0.29) is 16.3 Å². The summed E-state index contributed by atoms with van der Waals surface area (Å²) in [6.45, 7) is 6.32. The van der Waals surface area contributed by atoms with Crippen LogP contribution in [0.25, 0.3) is 0 Å². The third kappa shape index (κ3) is 1.73. The summed E-state index contributed by atoms with van der Waals surface area (Å²) in [4.78, 5) is 0. The van der Waals surface area contributed by atoms with Gasteiger partial charge in [-0.3, -0.25) is 0 Å². The van der Waals surface area contributed by atoms with E-state index in [4.69, 9.17) is 0 Å². The Morgan fingerprint density at radius 2 is 1.82 bits per heavy atom. The van der Waals surface area contributed by atoms with Gasteiger partial charge in [-0.2, -0.15) is 11.8 Å². The minimum Gasteiger partial charge on any atom is -0.391 e. The van der Waals surface area contributed by atoms with E-state index < -0.39 is 0 Å². The highest BCUT2D eigenvalue weighted by Crippen LogP contribution is 2.53. The van der Waals surface area contributed by atoms with E-state index in [9.17, 15) is 5.11 Å². The van der Waals surface area contributed by atoms with Gasteiger partial charge in [-0.05, 0) is 24.5 Å². The highest BCUT2D eigenvalue weighted by atomic mass is 32.2. The normalized spacial score (nSPS) is 24.8. The van der Waals surface area contributed by atoms with Gasteiger partial charge in [0, 0.05) is 4.75 Å². The molecule has 66 valence electrons. The third-order valence-electron chi connectivity index (χ3n) is 2.47. The molecule has 1 rings (SSSR count). The SMILES string of the molecule is CSC1(C(O)C(C)(C)C)CC1. The van der Waals surface area contributed by atoms with Crippen molar-refractivity contribution in [1.29, 1.82) is 0 Å². The Morgan fingerprint density at radius 3 is 1.91 bits per heavy atom. The molecule has 2 heteroatoms. The van der Waals surface area contributed by atoms with Gasteiger partial charge in [0.15, 0.2) is 0 Å². The Hall–Kier alpha value is 0.310. The van der Waals surface area contributed by atoms with Gasteiger partial charge in [0.2, 0.25) is 0 Å². The summed E-state index contributed by atoms with van der Waals surface area (Å²) in [6.07, 6.45) is 4.33. The predicted octanol–water partition coefficient (Wildman–Crippen LogP) is 2.29. The minimum atomic E-state index is -0.148. The fourth-order valence-corrected chi connectivity index (χ4v) is 2.59. The molecule has 1 aliphatic rings. The van der Waals surface area contributed by atoms with Crippen LogP contribution in [-0.4, -0.2) is 22.2 Å². The second-order valence-electron chi connectivity index (χ2n) is 4.54. The van der Waals surface area contributed by atoms with Crippen molar-refractivity contribution in [3.8, 4) is 0 Å². The van der Waals surface area contributed by atoms with Crippen LogP contribution in [0.2, 0.25) is 0 Å². The van der Waals surface area contributed by atoms with Crippen molar-refractivity contribution in [1.82, 2.24) is 0 Å². The Bertz CT molecular complexity index is 144. The Balaban J connectivity index is 2.61. The maximum atomic E-state index is 9.96. The molecular weight excluding hydrogens is 156 g/mol. The third-order valence-corrected chi connectivity index (χ3v) is 3.91. The molecule has 0 aromatic heterocycles. The van der Waals surface area contributed by atoms with Crippen LogP contribution in [0.4, 0.5) is 0 Å². The van der Waals surface area contributed by atoms with Crippen LogP contribution in [0.3, 0.4) is 0 Å². The van der Waals surface area contributed by atoms with Crippen molar-refractivity contribution < 1.29 is 5.11 Å². The molecule has 1 nitrogen and oxygen atoms in total. The molecule has 0 spiro atoms. The molecule has 0 aromatic rings. The van der Waals surface area contributed by atoms with Gasteiger partial charge in [-0.15, -0.1) is 0 Å². The summed E-state index contributed by atoms with van der Waals surface area (Å²) < 4.78 is 0.207. The van der Waals surface area contributed by atoms with Crippen molar-refractivity contribution in [2.75, 3.05) is 6.26 Å². The lowest BCUT2D eigenvalue weighted by Crippen LogP contribution is -2.37. The van der Waals surface area contributed by atoms with E-state index in [1.165, 1.54) is 12.8 Å². The molecule has 1 N–H and O–H groups in total. The number of thioether (sulfide) groups is 1. The first kappa shape index (κ1) is 9.40. The number of hydrogen-bond donors (Lipinski definition) is 1. The first-order valence-corrected chi connectivity index (χ1v) is 5.38. The predicted molar refractivity (Wildman–Crippen MR) is 50.9 cm³/mol. The highest BCUT2D eigenvalue weighted by Gasteiger charge is 2.52. The van der Waals surface area contributed by atoms with E-state index in [1.807, 2.05) is 11.8 Å². The number of aliphatic hydroxyl groups excluding tert-OH is 1. The number of hydrogen-bond acceptors (Lipinski definition) is 2. The molecular formula is C9H18OS. The van der Waals surface area contributed by atoms with Crippen LogP contribution in [-0.2, 0) is 0 Å². The average Bonchev–Trinajstić information content (AvgIpc) is 2.64. The lowest BCUT2D eigenvalue weighted by Gasteiger charge is -2.32. The van der Waals surface area contributed by atoms with Crippen molar-refractivity contribution in [2.45, 2.75) is 44.5 Å². The van der Waals surface area contributed by atoms with Crippen LogP contribution >= 0.6 is 11.8 Å². The number of aliphatic hydroxyl groups is 1. The van der Waals surface area contributed by atoms with Crippen molar-refractivity contribution in [3.63, 3.8) is 0 Å². The van der Waals surface area contributed by atoms with Crippen LogP contribution < -0.4 is 0 Å². The smallest absolute Gasteiger partial charge is 0.0734 e. The molecule has 1 aliphatic carbocycles. The lowest BCUT2D eigenvalue weighted by atomic mass is 9.86. The number of rotatable bonds is 2. The topological polar surface area (TPSA) is 20.2 Å². The zero-order chi connectivity index (χ0) is 8.70. The van der Waals surface area contributed by atoms with Gasteiger partial charge < -0.3 is 5.11 Å². The monoisotopic (exact) mass is 174 g/mol. The molecule has 1 atom stereocenters. The van der Waals surface area contributed by atoms with Gasteiger partial charge in [-0.25, -0.2) is 0 Å². The van der Waals surface area contributed by atoms with Crippen LogP contribution in [0.5, 0.6) is 0 Å². The van der Waals surface area contributed by atoms with Crippen molar-refractivity contribution in [2.24, 2.45) is 5.41 Å². The average molecular weight is 174 g/mol. The maximum Gasteiger partial charge on any atom is 0.0734 e. The van der Waals surface area contributed by atoms with Gasteiger partial charge in [0.05, 0.1) is 6.10 Å². The van der Waals surface area contributed by atoms with Gasteiger partial charge >= 0.3 is 0 Å². The fraction of sp³-hybridized carbons (Fsp3) is 1.00. The molecule has 1 unspecified atom stereocenters. The maximum absolute atomic E-state index is 9.96. The largest absolute Gasteiger partial charge is 0.391 e. The zero-order valence-electron chi connectivity index (χ0n) is 7.85. The second kappa shape index (κ2) is 2.67. The molecule has 0 aromatic carbocycles. The van der Waals surface area contributed by atoms with E-state index in [0.717, 1.165) is 0 Å².